The molecule has 0 spiro atoms. The van der Waals surface area contributed by atoms with Gasteiger partial charge in [0.1, 0.15) is 0 Å². The van der Waals surface area contributed by atoms with Crippen molar-refractivity contribution in [3.05, 3.63) is 54.3 Å². The van der Waals surface area contributed by atoms with Crippen LogP contribution in [-0.4, -0.2) is 6.67 Å². The summed E-state index contributed by atoms with van der Waals surface area (Å²) in [5, 5.41) is 6.61. The van der Waals surface area contributed by atoms with Crippen LogP contribution in [0, 0.1) is 0 Å². The van der Waals surface area contributed by atoms with Gasteiger partial charge < -0.3 is 10.6 Å². The number of anilines is 2. The smallest absolute Gasteiger partial charge is 0.0849 e. The highest BCUT2D eigenvalue weighted by atomic mass is 79.9. The van der Waals surface area contributed by atoms with Crippen molar-refractivity contribution < 1.29 is 0 Å². The molecule has 0 bridgehead atoms. The predicted octanol–water partition coefficient (Wildman–Crippen LogP) is 6.22. The molecule has 2 N–H and O–H groups in total. The first kappa shape index (κ1) is 15.4. The molecule has 0 saturated heterocycles. The Hall–Kier alpha value is -0.0400. The van der Waals surface area contributed by atoms with Gasteiger partial charge in [-0.2, -0.15) is 0 Å². The number of halogens is 4. The first-order chi connectivity index (χ1) is 9.06. The Morgan fingerprint density at radius 1 is 0.632 bits per heavy atom. The lowest BCUT2D eigenvalue weighted by Gasteiger charge is -2.11. The van der Waals surface area contributed by atoms with Crippen LogP contribution in [-0.2, 0) is 0 Å². The molecule has 0 aromatic heterocycles. The fourth-order valence-electron chi connectivity index (χ4n) is 1.46. The molecule has 2 aromatic rings. The summed E-state index contributed by atoms with van der Waals surface area (Å²) in [7, 11) is 0. The van der Waals surface area contributed by atoms with Crippen LogP contribution in [0.3, 0.4) is 0 Å². The van der Waals surface area contributed by atoms with E-state index in [4.69, 9.17) is 0 Å². The second-order valence-corrected chi connectivity index (χ2v) is 7.21. The zero-order valence-corrected chi connectivity index (χ0v) is 16.0. The maximum absolute atomic E-state index is 3.48. The molecule has 0 saturated carbocycles. The van der Waals surface area contributed by atoms with Crippen molar-refractivity contribution in [1.29, 1.82) is 0 Å². The van der Waals surface area contributed by atoms with Crippen LogP contribution in [0.1, 0.15) is 0 Å². The monoisotopic (exact) mass is 510 g/mol. The number of benzene rings is 2. The fraction of sp³-hybridized carbons (Fsp3) is 0.0769. The van der Waals surface area contributed by atoms with Gasteiger partial charge >= 0.3 is 0 Å². The van der Waals surface area contributed by atoms with E-state index in [-0.39, 0.29) is 0 Å². The van der Waals surface area contributed by atoms with E-state index in [1.807, 2.05) is 36.4 Å². The second kappa shape index (κ2) is 7.11. The van der Waals surface area contributed by atoms with E-state index in [2.05, 4.69) is 74.4 Å². The van der Waals surface area contributed by atoms with E-state index < -0.39 is 0 Å². The summed E-state index contributed by atoms with van der Waals surface area (Å²) in [6.45, 7) is 0.655. The fourth-order valence-corrected chi connectivity index (χ4v) is 2.71. The first-order valence-electron chi connectivity index (χ1n) is 5.44. The Morgan fingerprint density at radius 2 is 1.05 bits per heavy atom. The molecule has 0 unspecified atom stereocenters. The molecular formula is C13H10Br4N2. The molecule has 0 fully saturated rings. The summed E-state index contributed by atoms with van der Waals surface area (Å²) < 4.78 is 4.15. The van der Waals surface area contributed by atoms with E-state index in [1.165, 1.54) is 0 Å². The minimum absolute atomic E-state index is 0.655. The predicted molar refractivity (Wildman–Crippen MR) is 95.8 cm³/mol. The maximum Gasteiger partial charge on any atom is 0.0849 e. The highest BCUT2D eigenvalue weighted by molar-refractivity contribution is 9.13. The third kappa shape index (κ3) is 4.48. The molecule has 2 rings (SSSR count). The van der Waals surface area contributed by atoms with Crippen molar-refractivity contribution in [2.24, 2.45) is 0 Å². The summed E-state index contributed by atoms with van der Waals surface area (Å²) in [6, 6.07) is 12.1. The molecule has 0 atom stereocenters. The molecule has 0 amide bonds. The normalized spacial score (nSPS) is 10.3. The zero-order chi connectivity index (χ0) is 13.8. The number of rotatable bonds is 4. The SMILES string of the molecule is Brc1ccc(NCNc2ccc(Br)c(Br)c2)cc1Br. The second-order valence-electron chi connectivity index (χ2n) is 3.79. The molecular weight excluding hydrogens is 504 g/mol. The van der Waals surface area contributed by atoms with Crippen LogP contribution in [0.15, 0.2) is 54.3 Å². The van der Waals surface area contributed by atoms with E-state index in [0.29, 0.717) is 6.67 Å². The number of nitrogens with one attached hydrogen (secondary N) is 2. The van der Waals surface area contributed by atoms with Crippen LogP contribution in [0.2, 0.25) is 0 Å². The van der Waals surface area contributed by atoms with E-state index in [1.54, 1.807) is 0 Å². The molecule has 100 valence electrons. The Kier molecular flexibility index (Phi) is 5.74. The Labute approximate surface area is 145 Å². The lowest BCUT2D eigenvalue weighted by molar-refractivity contribution is 1.21. The summed E-state index contributed by atoms with van der Waals surface area (Å²) in [4.78, 5) is 0. The van der Waals surface area contributed by atoms with Crippen LogP contribution < -0.4 is 10.6 Å². The van der Waals surface area contributed by atoms with Gasteiger partial charge in [0.05, 0.1) is 6.67 Å². The zero-order valence-electron chi connectivity index (χ0n) is 9.68. The van der Waals surface area contributed by atoms with Crippen molar-refractivity contribution in [2.75, 3.05) is 17.3 Å². The molecule has 6 heteroatoms. The molecule has 2 aromatic carbocycles. The molecule has 0 aliphatic carbocycles. The van der Waals surface area contributed by atoms with Crippen LogP contribution >= 0.6 is 63.7 Å². The van der Waals surface area contributed by atoms with Crippen molar-refractivity contribution in [2.45, 2.75) is 0 Å². The Balaban J connectivity index is 1.92. The molecule has 19 heavy (non-hydrogen) atoms. The lowest BCUT2D eigenvalue weighted by Crippen LogP contribution is -2.11. The van der Waals surface area contributed by atoms with E-state index >= 15 is 0 Å². The largest absolute Gasteiger partial charge is 0.368 e. The quantitative estimate of drug-likeness (QED) is 0.475. The van der Waals surface area contributed by atoms with Gasteiger partial charge in [-0.1, -0.05) is 0 Å². The topological polar surface area (TPSA) is 24.1 Å². The molecule has 0 heterocycles. The van der Waals surface area contributed by atoms with Crippen LogP contribution in [0.25, 0.3) is 0 Å². The lowest BCUT2D eigenvalue weighted by atomic mass is 10.3. The summed E-state index contributed by atoms with van der Waals surface area (Å²) in [5.41, 5.74) is 2.11. The van der Waals surface area contributed by atoms with Crippen molar-refractivity contribution in [1.82, 2.24) is 0 Å². The Bertz CT molecular complexity index is 535. The summed E-state index contributed by atoms with van der Waals surface area (Å²) >= 11 is 13.9. The Morgan fingerprint density at radius 3 is 1.42 bits per heavy atom. The van der Waals surface area contributed by atoms with Gasteiger partial charge in [0.2, 0.25) is 0 Å². The molecule has 2 nitrogen and oxygen atoms in total. The average Bonchev–Trinajstić information content (AvgIpc) is 2.38. The summed E-state index contributed by atoms with van der Waals surface area (Å²) in [6.07, 6.45) is 0. The first-order valence-corrected chi connectivity index (χ1v) is 8.61. The molecule has 0 radical (unpaired) electrons. The van der Waals surface area contributed by atoms with E-state index in [9.17, 15) is 0 Å². The van der Waals surface area contributed by atoms with Crippen molar-refractivity contribution >= 4 is 75.1 Å². The van der Waals surface area contributed by atoms with Gasteiger partial charge in [-0.25, -0.2) is 0 Å². The average molecular weight is 514 g/mol. The highest BCUT2D eigenvalue weighted by Crippen LogP contribution is 2.27. The van der Waals surface area contributed by atoms with Gasteiger partial charge in [0.15, 0.2) is 0 Å². The minimum Gasteiger partial charge on any atom is -0.368 e. The highest BCUT2D eigenvalue weighted by Gasteiger charge is 1.99. The van der Waals surface area contributed by atoms with Crippen molar-refractivity contribution in [3.63, 3.8) is 0 Å². The third-order valence-electron chi connectivity index (χ3n) is 2.42. The number of hydrogen-bond donors (Lipinski definition) is 2. The third-order valence-corrected chi connectivity index (χ3v) is 6.18. The van der Waals surface area contributed by atoms with Gasteiger partial charge in [-0.3, -0.25) is 0 Å². The van der Waals surface area contributed by atoms with Crippen molar-refractivity contribution in [3.8, 4) is 0 Å². The maximum atomic E-state index is 3.48. The van der Waals surface area contributed by atoms with Gasteiger partial charge in [-0.05, 0) is 100 Å². The van der Waals surface area contributed by atoms with Crippen LogP contribution in [0.4, 0.5) is 11.4 Å². The van der Waals surface area contributed by atoms with Gasteiger partial charge in [-0.15, -0.1) is 0 Å². The van der Waals surface area contributed by atoms with Gasteiger partial charge in [0.25, 0.3) is 0 Å². The number of hydrogen-bond acceptors (Lipinski definition) is 2. The standard InChI is InChI=1S/C13H10Br4N2/c14-10-3-1-8(5-12(10)16)18-7-19-9-2-4-11(15)13(17)6-9/h1-6,18-19H,7H2. The molecule has 0 aliphatic rings. The summed E-state index contributed by atoms with van der Waals surface area (Å²) in [5.74, 6) is 0. The van der Waals surface area contributed by atoms with Gasteiger partial charge in [0, 0.05) is 29.3 Å². The van der Waals surface area contributed by atoms with Crippen LogP contribution in [0.5, 0.6) is 0 Å². The minimum atomic E-state index is 0.655. The van der Waals surface area contributed by atoms with E-state index in [0.717, 1.165) is 29.3 Å². The molecule has 0 aliphatic heterocycles.